The van der Waals surface area contributed by atoms with Crippen molar-refractivity contribution in [1.82, 2.24) is 0 Å². The Morgan fingerprint density at radius 3 is 2.33 bits per heavy atom. The summed E-state index contributed by atoms with van der Waals surface area (Å²) >= 11 is 0. The monoisotopic (exact) mass is 680 g/mol. The van der Waals surface area contributed by atoms with Crippen LogP contribution < -0.4 is 9.47 Å². The van der Waals surface area contributed by atoms with Gasteiger partial charge in [-0.2, -0.15) is 0 Å². The van der Waals surface area contributed by atoms with Crippen molar-refractivity contribution in [2.75, 3.05) is 26.4 Å². The quantitative estimate of drug-likeness (QED) is 0.0608. The number of hydrogen-bond acceptors (Lipinski definition) is 10. The first kappa shape index (κ1) is 37.1. The molecule has 1 saturated carbocycles. The van der Waals surface area contributed by atoms with Gasteiger partial charge in [0.05, 0.1) is 24.9 Å². The van der Waals surface area contributed by atoms with Crippen molar-refractivity contribution in [1.29, 1.82) is 0 Å². The lowest BCUT2D eigenvalue weighted by Crippen LogP contribution is -2.40. The molecule has 3 fully saturated rings. The Morgan fingerprint density at radius 2 is 1.63 bits per heavy atom. The number of para-hydroxylation sites is 1. The maximum Gasteiger partial charge on any atom is 0.311 e. The summed E-state index contributed by atoms with van der Waals surface area (Å²) in [5.74, 6) is 0.639. The summed E-state index contributed by atoms with van der Waals surface area (Å²) in [6.45, 7) is 3.40. The molecule has 3 unspecified atom stereocenters. The van der Waals surface area contributed by atoms with E-state index in [1.165, 1.54) is 6.92 Å². The van der Waals surface area contributed by atoms with Gasteiger partial charge in [-0.05, 0) is 101 Å². The number of carbonyl (C=O) groups excluding carboxylic acids is 2. The van der Waals surface area contributed by atoms with E-state index in [0.717, 1.165) is 44.3 Å². The fraction of sp³-hybridized carbons (Fsp3) is 0.590. The number of aliphatic hydroxyl groups excluding tert-OH is 1. The van der Waals surface area contributed by atoms with Gasteiger partial charge in [-0.1, -0.05) is 30.4 Å². The maximum atomic E-state index is 12.3. The summed E-state index contributed by atoms with van der Waals surface area (Å²) in [6.07, 6.45) is 10.3. The van der Waals surface area contributed by atoms with Crippen LogP contribution in [-0.2, 0) is 28.5 Å². The van der Waals surface area contributed by atoms with Crippen LogP contribution in [-0.4, -0.2) is 80.3 Å². The van der Waals surface area contributed by atoms with E-state index in [1.54, 1.807) is 24.3 Å². The van der Waals surface area contributed by atoms with Crippen LogP contribution in [0.3, 0.4) is 0 Å². The number of ketones is 1. The number of rotatable bonds is 18. The second kappa shape index (κ2) is 19.9. The molecular weight excluding hydrogens is 628 g/mol. The Labute approximate surface area is 290 Å². The zero-order valence-electron chi connectivity index (χ0n) is 28.6. The third kappa shape index (κ3) is 12.3. The van der Waals surface area contributed by atoms with Crippen molar-refractivity contribution in [3.63, 3.8) is 0 Å². The van der Waals surface area contributed by atoms with Crippen molar-refractivity contribution in [2.45, 2.75) is 115 Å². The maximum absolute atomic E-state index is 12.3. The molecule has 2 saturated heterocycles. The normalized spacial score (nSPS) is 26.4. The number of ether oxygens (including phenoxy) is 7. The first-order valence-corrected chi connectivity index (χ1v) is 17.9. The average Bonchev–Trinajstić information content (AvgIpc) is 3.41. The molecule has 2 aromatic carbocycles. The molecule has 5 rings (SSSR count). The van der Waals surface area contributed by atoms with Crippen molar-refractivity contribution in [3.8, 4) is 11.5 Å². The molecule has 0 bridgehead atoms. The fourth-order valence-corrected chi connectivity index (χ4v) is 6.47. The highest BCUT2D eigenvalue weighted by Gasteiger charge is 2.45. The van der Waals surface area contributed by atoms with Gasteiger partial charge in [0, 0.05) is 37.5 Å². The molecule has 49 heavy (non-hydrogen) atoms. The van der Waals surface area contributed by atoms with Crippen molar-refractivity contribution < 1.29 is 47.9 Å². The lowest BCUT2D eigenvalue weighted by Gasteiger charge is -2.32. The molecule has 0 aromatic heterocycles. The Morgan fingerprint density at radius 1 is 0.898 bits per heavy atom. The minimum absolute atomic E-state index is 0.0367. The largest absolute Gasteiger partial charge is 0.491 e. The molecule has 0 spiro atoms. The van der Waals surface area contributed by atoms with Gasteiger partial charge in [0.25, 0.3) is 0 Å². The SMILES string of the molecule is CC(=O)c1ccc(OC(=O)CCC/C=C\C[C@@H]2[C@H](OCC(COc3ccccc3)OC3CCCCO3)[C@@H](OC3CCCCO3)C[C@H]2O)cc1. The molecule has 2 aromatic rings. The van der Waals surface area contributed by atoms with E-state index in [4.69, 9.17) is 33.2 Å². The number of carbonyl (C=O) groups is 2. The molecule has 1 aliphatic carbocycles. The summed E-state index contributed by atoms with van der Waals surface area (Å²) < 4.78 is 42.6. The first-order valence-electron chi connectivity index (χ1n) is 17.9. The minimum Gasteiger partial charge on any atom is -0.491 e. The van der Waals surface area contributed by atoms with E-state index in [1.807, 2.05) is 36.4 Å². The van der Waals surface area contributed by atoms with Crippen LogP contribution in [0.5, 0.6) is 11.5 Å². The molecule has 7 atom stereocenters. The Kier molecular flexibility index (Phi) is 15.1. The third-order valence-corrected chi connectivity index (χ3v) is 9.18. The minimum atomic E-state index is -0.603. The zero-order chi connectivity index (χ0) is 34.3. The predicted molar refractivity (Wildman–Crippen MR) is 182 cm³/mol. The summed E-state index contributed by atoms with van der Waals surface area (Å²) in [4.78, 5) is 23.8. The van der Waals surface area contributed by atoms with E-state index in [0.29, 0.717) is 56.8 Å². The molecule has 2 heterocycles. The fourth-order valence-electron chi connectivity index (χ4n) is 6.47. The van der Waals surface area contributed by atoms with Crippen LogP contribution >= 0.6 is 0 Å². The molecule has 0 radical (unpaired) electrons. The van der Waals surface area contributed by atoms with Gasteiger partial charge in [-0.3, -0.25) is 9.59 Å². The van der Waals surface area contributed by atoms with Crippen LogP contribution in [0.1, 0.15) is 87.9 Å². The standard InChI is InChI=1S/C39H52O10/c1-28(40)29-19-21-31(22-20-29)47-36(42)16-8-3-2-7-15-33-34(41)25-35(49-38-18-10-12-24-44-38)39(33)46-27-32(48-37-17-9-11-23-43-37)26-45-30-13-5-4-6-14-30/h2,4-7,13-14,19-22,32-35,37-39,41H,3,8-12,15-18,23-27H2,1H3/b7-2-/t32?,33-,34+,35-,37?,38?,39-/m0/s1. The second-order valence-electron chi connectivity index (χ2n) is 13.1. The van der Waals surface area contributed by atoms with E-state index in [-0.39, 0.29) is 61.6 Å². The highest BCUT2D eigenvalue weighted by molar-refractivity contribution is 5.94. The summed E-state index contributed by atoms with van der Waals surface area (Å²) in [5.41, 5.74) is 0.574. The number of unbranched alkanes of at least 4 members (excludes halogenated alkanes) is 1. The van der Waals surface area contributed by atoms with Crippen molar-refractivity contribution in [2.24, 2.45) is 5.92 Å². The summed E-state index contributed by atoms with van der Waals surface area (Å²) in [7, 11) is 0. The molecule has 1 N–H and O–H groups in total. The van der Waals surface area contributed by atoms with E-state index in [9.17, 15) is 14.7 Å². The molecule has 0 amide bonds. The third-order valence-electron chi connectivity index (χ3n) is 9.18. The molecule has 268 valence electrons. The first-order chi connectivity index (χ1) is 23.9. The lowest BCUT2D eigenvalue weighted by molar-refractivity contribution is -0.226. The molecule has 3 aliphatic rings. The van der Waals surface area contributed by atoms with E-state index < -0.39 is 6.10 Å². The van der Waals surface area contributed by atoms with Crippen LogP contribution in [0.25, 0.3) is 0 Å². The highest BCUT2D eigenvalue weighted by Crippen LogP contribution is 2.36. The predicted octanol–water partition coefficient (Wildman–Crippen LogP) is 6.58. The Bertz CT molecular complexity index is 1290. The number of allylic oxidation sites excluding steroid dienone is 2. The second-order valence-corrected chi connectivity index (χ2v) is 13.1. The Balaban J connectivity index is 1.15. The summed E-state index contributed by atoms with van der Waals surface area (Å²) in [5, 5.41) is 11.2. The average molecular weight is 681 g/mol. The Hall–Kier alpha value is -3.12. The van der Waals surface area contributed by atoms with Gasteiger partial charge in [-0.15, -0.1) is 0 Å². The molecular formula is C39H52O10. The van der Waals surface area contributed by atoms with E-state index >= 15 is 0 Å². The number of benzene rings is 2. The number of Topliss-reactive ketones (excluding diaryl/α,β-unsaturated/α-hetero) is 1. The summed E-state index contributed by atoms with van der Waals surface area (Å²) in [6, 6.07) is 16.2. The zero-order valence-corrected chi connectivity index (χ0v) is 28.6. The topological polar surface area (TPSA) is 119 Å². The van der Waals surface area contributed by atoms with Crippen LogP contribution in [0.2, 0.25) is 0 Å². The lowest BCUT2D eigenvalue weighted by atomic mass is 9.98. The van der Waals surface area contributed by atoms with Gasteiger partial charge in [0.1, 0.15) is 24.2 Å². The van der Waals surface area contributed by atoms with Gasteiger partial charge < -0.3 is 38.3 Å². The van der Waals surface area contributed by atoms with Gasteiger partial charge in [0.15, 0.2) is 18.4 Å². The van der Waals surface area contributed by atoms with Crippen LogP contribution in [0.4, 0.5) is 0 Å². The smallest absolute Gasteiger partial charge is 0.311 e. The highest BCUT2D eigenvalue weighted by atomic mass is 16.7. The van der Waals surface area contributed by atoms with Crippen LogP contribution in [0, 0.1) is 5.92 Å². The number of hydrogen-bond donors (Lipinski definition) is 1. The van der Waals surface area contributed by atoms with Crippen molar-refractivity contribution in [3.05, 3.63) is 72.3 Å². The molecule has 10 nitrogen and oxygen atoms in total. The van der Waals surface area contributed by atoms with Crippen molar-refractivity contribution >= 4 is 11.8 Å². The number of aliphatic hydroxyl groups is 1. The molecule has 2 aliphatic heterocycles. The van der Waals surface area contributed by atoms with Gasteiger partial charge in [-0.25, -0.2) is 0 Å². The van der Waals surface area contributed by atoms with Gasteiger partial charge in [0.2, 0.25) is 0 Å². The van der Waals surface area contributed by atoms with E-state index in [2.05, 4.69) is 6.08 Å². The van der Waals surface area contributed by atoms with Gasteiger partial charge >= 0.3 is 5.97 Å². The van der Waals surface area contributed by atoms with Crippen LogP contribution in [0.15, 0.2) is 66.7 Å². The molecule has 10 heteroatoms. The number of esters is 1.